The molecule has 0 aliphatic rings. The summed E-state index contributed by atoms with van der Waals surface area (Å²) in [6.07, 6.45) is 0.501. The van der Waals surface area contributed by atoms with Crippen LogP contribution in [-0.2, 0) is 15.5 Å². The molecule has 1 aromatic heterocycles. The number of aromatic nitrogens is 2. The summed E-state index contributed by atoms with van der Waals surface area (Å²) in [7, 11) is 1.46. The molecule has 0 aromatic carbocycles. The lowest BCUT2D eigenvalue weighted by Crippen LogP contribution is -1.99. The third kappa shape index (κ3) is 2.19. The first-order chi connectivity index (χ1) is 6.50. The Bertz CT molecular complexity index is 413. The third-order valence-electron chi connectivity index (χ3n) is 1.64. The smallest absolute Gasteiger partial charge is 0.268 e. The number of ether oxygens (including phenoxy) is 1. The Hall–Kier alpha value is -0.750. The van der Waals surface area contributed by atoms with Gasteiger partial charge in [-0.2, -0.15) is 0 Å². The fourth-order valence-corrected chi connectivity index (χ4v) is 2.35. The molecule has 0 spiro atoms. The van der Waals surface area contributed by atoms with E-state index in [0.717, 1.165) is 0 Å². The molecular weight excluding hydrogens is 228 g/mol. The van der Waals surface area contributed by atoms with E-state index in [1.165, 1.54) is 0 Å². The van der Waals surface area contributed by atoms with Crippen molar-refractivity contribution in [2.24, 2.45) is 0 Å². The average molecular weight is 239 g/mol. The van der Waals surface area contributed by atoms with Crippen molar-refractivity contribution in [1.82, 2.24) is 10.2 Å². The number of hydrogen-bond donors (Lipinski definition) is 1. The molecule has 7 heteroatoms. The predicted octanol–water partition coefficient (Wildman–Crippen LogP) is 1.30. The van der Waals surface area contributed by atoms with Crippen LogP contribution in [0.3, 0.4) is 0 Å². The van der Waals surface area contributed by atoms with Crippen molar-refractivity contribution in [3.63, 3.8) is 0 Å². The topological polar surface area (TPSA) is 72.0 Å². The minimum Gasteiger partial charge on any atom is -0.476 e. The molecule has 0 fully saturated rings. The van der Waals surface area contributed by atoms with Crippen LogP contribution >= 0.6 is 10.7 Å². The quantitative estimate of drug-likeness (QED) is 0.803. The number of aryl methyl sites for hydroxylation is 1. The Morgan fingerprint density at radius 1 is 1.50 bits per heavy atom. The molecule has 0 atom stereocenters. The van der Waals surface area contributed by atoms with Crippen molar-refractivity contribution in [2.45, 2.75) is 25.2 Å². The van der Waals surface area contributed by atoms with Crippen molar-refractivity contribution in [1.29, 1.82) is 0 Å². The summed E-state index contributed by atoms with van der Waals surface area (Å²) in [6, 6.07) is 0. The fourth-order valence-electron chi connectivity index (χ4n) is 1.07. The molecule has 0 saturated heterocycles. The maximum absolute atomic E-state index is 11.2. The molecule has 1 heterocycles. The maximum atomic E-state index is 11.2. The fraction of sp³-hybridized carbons (Fsp3) is 0.571. The van der Waals surface area contributed by atoms with Crippen LogP contribution in [0, 0.1) is 0 Å². The van der Waals surface area contributed by atoms with Crippen LogP contribution in [0.4, 0.5) is 0 Å². The molecular formula is C7H11ClN2O3S. The van der Waals surface area contributed by atoms with Crippen molar-refractivity contribution in [2.75, 3.05) is 6.61 Å². The van der Waals surface area contributed by atoms with Gasteiger partial charge in [0.05, 0.1) is 12.3 Å². The highest BCUT2D eigenvalue weighted by atomic mass is 35.7. The molecule has 0 radical (unpaired) electrons. The standard InChI is InChI=1S/C7H11ClN2O3S/c1-3-5-6(14(8,11)12)7(10-9-5)13-4-2/h3-4H2,1-2H3,(H,9,10). The van der Waals surface area contributed by atoms with E-state index in [1.54, 1.807) is 13.8 Å². The normalized spacial score (nSPS) is 11.6. The second-order valence-corrected chi connectivity index (χ2v) is 5.06. The molecule has 80 valence electrons. The SMILES string of the molecule is CCOc1n[nH]c(CC)c1S(=O)(=O)Cl. The van der Waals surface area contributed by atoms with Crippen LogP contribution in [-0.4, -0.2) is 25.2 Å². The summed E-state index contributed by atoms with van der Waals surface area (Å²) in [5, 5.41) is 6.31. The van der Waals surface area contributed by atoms with Gasteiger partial charge in [0.15, 0.2) is 4.90 Å². The van der Waals surface area contributed by atoms with Gasteiger partial charge in [0.25, 0.3) is 14.9 Å². The monoisotopic (exact) mass is 238 g/mol. The van der Waals surface area contributed by atoms with E-state index in [9.17, 15) is 8.42 Å². The van der Waals surface area contributed by atoms with Gasteiger partial charge in [-0.1, -0.05) is 6.92 Å². The molecule has 1 aromatic rings. The highest BCUT2D eigenvalue weighted by Crippen LogP contribution is 2.28. The molecule has 14 heavy (non-hydrogen) atoms. The van der Waals surface area contributed by atoms with E-state index < -0.39 is 9.05 Å². The van der Waals surface area contributed by atoms with Gasteiger partial charge < -0.3 is 4.74 Å². The summed E-state index contributed by atoms with van der Waals surface area (Å²) in [4.78, 5) is -0.0523. The summed E-state index contributed by atoms with van der Waals surface area (Å²) in [5.41, 5.74) is 0.462. The molecule has 1 N–H and O–H groups in total. The molecule has 0 aliphatic carbocycles. The summed E-state index contributed by atoms with van der Waals surface area (Å²) in [6.45, 7) is 3.88. The lowest BCUT2D eigenvalue weighted by molar-refractivity contribution is 0.318. The summed E-state index contributed by atoms with van der Waals surface area (Å²) >= 11 is 0. The van der Waals surface area contributed by atoms with Gasteiger partial charge in [-0.3, -0.25) is 5.10 Å². The number of nitrogens with one attached hydrogen (secondary N) is 1. The van der Waals surface area contributed by atoms with E-state index in [1.807, 2.05) is 0 Å². The van der Waals surface area contributed by atoms with Gasteiger partial charge in [-0.15, -0.1) is 5.10 Å². The molecule has 0 saturated carbocycles. The Balaban J connectivity index is 3.27. The Morgan fingerprint density at radius 3 is 2.57 bits per heavy atom. The van der Waals surface area contributed by atoms with Gasteiger partial charge in [-0.25, -0.2) is 8.42 Å². The molecule has 0 aliphatic heterocycles. The highest BCUT2D eigenvalue weighted by molar-refractivity contribution is 8.13. The van der Waals surface area contributed by atoms with Gasteiger partial charge in [0.1, 0.15) is 0 Å². The second-order valence-electron chi connectivity index (χ2n) is 2.56. The van der Waals surface area contributed by atoms with Crippen LogP contribution in [0.1, 0.15) is 19.5 Å². The molecule has 0 unspecified atom stereocenters. The van der Waals surface area contributed by atoms with Crippen LogP contribution in [0.2, 0.25) is 0 Å². The van der Waals surface area contributed by atoms with E-state index in [4.69, 9.17) is 15.4 Å². The highest BCUT2D eigenvalue weighted by Gasteiger charge is 2.24. The number of H-pyrrole nitrogens is 1. The predicted molar refractivity (Wildman–Crippen MR) is 52.2 cm³/mol. The minimum absolute atomic E-state index is 0.0411. The lowest BCUT2D eigenvalue weighted by Gasteiger charge is -2.00. The first kappa shape index (κ1) is 11.3. The van der Waals surface area contributed by atoms with Crippen molar-refractivity contribution < 1.29 is 13.2 Å². The van der Waals surface area contributed by atoms with Gasteiger partial charge in [0.2, 0.25) is 0 Å². The van der Waals surface area contributed by atoms with Gasteiger partial charge in [0, 0.05) is 10.7 Å². The average Bonchev–Trinajstić information content (AvgIpc) is 2.47. The van der Waals surface area contributed by atoms with Crippen molar-refractivity contribution in [3.8, 4) is 5.88 Å². The Morgan fingerprint density at radius 2 is 2.14 bits per heavy atom. The molecule has 1 rings (SSSR count). The van der Waals surface area contributed by atoms with Crippen LogP contribution < -0.4 is 4.74 Å². The van der Waals surface area contributed by atoms with Gasteiger partial charge >= 0.3 is 0 Å². The van der Waals surface area contributed by atoms with Crippen LogP contribution in [0.5, 0.6) is 5.88 Å². The van der Waals surface area contributed by atoms with Crippen LogP contribution in [0.15, 0.2) is 4.90 Å². The van der Waals surface area contributed by atoms with Crippen molar-refractivity contribution >= 4 is 19.7 Å². The molecule has 0 amide bonds. The van der Waals surface area contributed by atoms with Crippen molar-refractivity contribution in [3.05, 3.63) is 5.69 Å². The Labute approximate surface area is 86.8 Å². The second kappa shape index (κ2) is 4.18. The first-order valence-corrected chi connectivity index (χ1v) is 6.46. The lowest BCUT2D eigenvalue weighted by atomic mass is 10.3. The van der Waals surface area contributed by atoms with Gasteiger partial charge in [-0.05, 0) is 13.3 Å². The van der Waals surface area contributed by atoms with E-state index >= 15 is 0 Å². The minimum atomic E-state index is -3.80. The van der Waals surface area contributed by atoms with E-state index in [2.05, 4.69) is 10.2 Å². The largest absolute Gasteiger partial charge is 0.476 e. The number of hydrogen-bond acceptors (Lipinski definition) is 4. The zero-order valence-corrected chi connectivity index (χ0v) is 9.44. The third-order valence-corrected chi connectivity index (χ3v) is 3.01. The van der Waals surface area contributed by atoms with E-state index in [0.29, 0.717) is 18.7 Å². The number of rotatable bonds is 4. The first-order valence-electron chi connectivity index (χ1n) is 4.15. The van der Waals surface area contributed by atoms with E-state index in [-0.39, 0.29) is 10.8 Å². The Kier molecular flexibility index (Phi) is 3.38. The molecule has 0 bridgehead atoms. The number of halogens is 1. The zero-order chi connectivity index (χ0) is 10.8. The number of aromatic amines is 1. The summed E-state index contributed by atoms with van der Waals surface area (Å²) in [5.74, 6) is 0.0411. The summed E-state index contributed by atoms with van der Waals surface area (Å²) < 4.78 is 27.4. The zero-order valence-electron chi connectivity index (χ0n) is 7.87. The molecule has 5 nitrogen and oxygen atoms in total. The number of nitrogens with zero attached hydrogens (tertiary/aromatic N) is 1. The van der Waals surface area contributed by atoms with Crippen LogP contribution in [0.25, 0.3) is 0 Å². The maximum Gasteiger partial charge on any atom is 0.268 e.